The van der Waals surface area contributed by atoms with E-state index in [-0.39, 0.29) is 0 Å². The van der Waals surface area contributed by atoms with Gasteiger partial charge in [-0.15, -0.1) is 0 Å². The predicted octanol–water partition coefficient (Wildman–Crippen LogP) is 2.80. The van der Waals surface area contributed by atoms with Crippen molar-refractivity contribution in [2.75, 3.05) is 13.1 Å². The first-order valence-electron chi connectivity index (χ1n) is 6.63. The average Bonchev–Trinajstić information content (AvgIpc) is 2.39. The summed E-state index contributed by atoms with van der Waals surface area (Å²) < 4.78 is 0. The van der Waals surface area contributed by atoms with Gasteiger partial charge in [0.05, 0.1) is 0 Å². The molecule has 0 bridgehead atoms. The number of piperidine rings is 1. The standard InChI is InChI=1S/C15H21NO/c17-12-6-9-14-7-2-3-8-15(14)13-16-10-4-1-5-11-16/h2-3,7-8,12H,1,4-6,9-11,13H2. The van der Waals surface area contributed by atoms with Crippen LogP contribution in [0.4, 0.5) is 0 Å². The maximum atomic E-state index is 10.5. The summed E-state index contributed by atoms with van der Waals surface area (Å²) in [5, 5.41) is 0. The van der Waals surface area contributed by atoms with Gasteiger partial charge in [-0.05, 0) is 43.5 Å². The van der Waals surface area contributed by atoms with Gasteiger partial charge >= 0.3 is 0 Å². The van der Waals surface area contributed by atoms with Gasteiger partial charge in [0.1, 0.15) is 6.29 Å². The molecule has 0 atom stereocenters. The minimum atomic E-state index is 0.636. The molecule has 0 saturated carbocycles. The molecule has 0 amide bonds. The highest BCUT2D eigenvalue weighted by atomic mass is 16.1. The third-order valence-corrected chi connectivity index (χ3v) is 3.49. The molecule has 0 unspecified atom stereocenters. The number of carbonyl (C=O) groups is 1. The Bertz CT molecular complexity index is 356. The number of hydrogen-bond donors (Lipinski definition) is 0. The Morgan fingerprint density at radius 3 is 2.47 bits per heavy atom. The molecular formula is C15H21NO. The van der Waals surface area contributed by atoms with E-state index >= 15 is 0 Å². The molecule has 1 aromatic rings. The molecule has 0 aromatic heterocycles. The monoisotopic (exact) mass is 231 g/mol. The van der Waals surface area contributed by atoms with Crippen molar-refractivity contribution in [3.63, 3.8) is 0 Å². The first-order valence-corrected chi connectivity index (χ1v) is 6.63. The van der Waals surface area contributed by atoms with Gasteiger partial charge in [0.25, 0.3) is 0 Å². The Morgan fingerprint density at radius 1 is 1.06 bits per heavy atom. The van der Waals surface area contributed by atoms with E-state index in [0.29, 0.717) is 6.42 Å². The van der Waals surface area contributed by atoms with Crippen molar-refractivity contribution in [3.05, 3.63) is 35.4 Å². The molecule has 1 saturated heterocycles. The molecule has 1 aliphatic rings. The van der Waals surface area contributed by atoms with E-state index in [9.17, 15) is 4.79 Å². The molecule has 2 nitrogen and oxygen atoms in total. The van der Waals surface area contributed by atoms with Crippen LogP contribution in [0, 0.1) is 0 Å². The molecule has 0 spiro atoms. The van der Waals surface area contributed by atoms with E-state index in [4.69, 9.17) is 0 Å². The lowest BCUT2D eigenvalue weighted by atomic mass is 10.0. The van der Waals surface area contributed by atoms with Crippen LogP contribution in [0.1, 0.15) is 36.8 Å². The molecule has 1 aliphatic heterocycles. The van der Waals surface area contributed by atoms with Gasteiger partial charge in [-0.3, -0.25) is 4.90 Å². The van der Waals surface area contributed by atoms with Gasteiger partial charge in [-0.2, -0.15) is 0 Å². The lowest BCUT2D eigenvalue weighted by Crippen LogP contribution is -2.29. The summed E-state index contributed by atoms with van der Waals surface area (Å²) in [6.45, 7) is 3.50. The van der Waals surface area contributed by atoms with Crippen LogP contribution in [0.2, 0.25) is 0 Å². The van der Waals surface area contributed by atoms with Gasteiger partial charge in [0, 0.05) is 13.0 Å². The van der Waals surface area contributed by atoms with Gasteiger partial charge in [-0.1, -0.05) is 30.7 Å². The van der Waals surface area contributed by atoms with Gasteiger partial charge in [-0.25, -0.2) is 0 Å². The second-order valence-electron chi connectivity index (χ2n) is 4.81. The summed E-state index contributed by atoms with van der Waals surface area (Å²) in [5.74, 6) is 0. The van der Waals surface area contributed by atoms with Crippen molar-refractivity contribution in [1.82, 2.24) is 4.90 Å². The molecule has 1 aromatic carbocycles. The number of benzene rings is 1. The molecule has 1 heterocycles. The number of aryl methyl sites for hydroxylation is 1. The average molecular weight is 231 g/mol. The zero-order valence-corrected chi connectivity index (χ0v) is 10.4. The first-order chi connectivity index (χ1) is 8.40. The number of rotatable bonds is 5. The minimum Gasteiger partial charge on any atom is -0.303 e. The SMILES string of the molecule is O=CCCc1ccccc1CN1CCCCC1. The molecule has 0 radical (unpaired) electrons. The second kappa shape index (κ2) is 6.55. The summed E-state index contributed by atoms with van der Waals surface area (Å²) in [6, 6.07) is 8.53. The third-order valence-electron chi connectivity index (χ3n) is 3.49. The van der Waals surface area contributed by atoms with Crippen LogP contribution >= 0.6 is 0 Å². The Labute approximate surface area is 104 Å². The summed E-state index contributed by atoms with van der Waals surface area (Å²) in [4.78, 5) is 13.0. The van der Waals surface area contributed by atoms with Crippen molar-refractivity contribution in [1.29, 1.82) is 0 Å². The summed E-state index contributed by atoms with van der Waals surface area (Å²) >= 11 is 0. The minimum absolute atomic E-state index is 0.636. The Balaban J connectivity index is 2.00. The lowest BCUT2D eigenvalue weighted by Gasteiger charge is -2.27. The zero-order chi connectivity index (χ0) is 11.9. The van der Waals surface area contributed by atoms with Crippen molar-refractivity contribution in [3.8, 4) is 0 Å². The van der Waals surface area contributed by atoms with Crippen LogP contribution in [-0.4, -0.2) is 24.3 Å². The summed E-state index contributed by atoms with van der Waals surface area (Å²) in [6.07, 6.45) is 6.57. The van der Waals surface area contributed by atoms with Gasteiger partial charge in [0.2, 0.25) is 0 Å². The fourth-order valence-corrected chi connectivity index (χ4v) is 2.53. The number of aldehydes is 1. The largest absolute Gasteiger partial charge is 0.303 e. The van der Waals surface area contributed by atoms with E-state index in [1.807, 2.05) is 0 Å². The van der Waals surface area contributed by atoms with E-state index in [1.165, 1.54) is 43.5 Å². The van der Waals surface area contributed by atoms with Crippen LogP contribution in [0.15, 0.2) is 24.3 Å². The normalized spacial score (nSPS) is 16.9. The molecule has 17 heavy (non-hydrogen) atoms. The van der Waals surface area contributed by atoms with Gasteiger partial charge in [0.15, 0.2) is 0 Å². The molecule has 1 fully saturated rings. The topological polar surface area (TPSA) is 20.3 Å². The van der Waals surface area contributed by atoms with Crippen LogP contribution in [0.3, 0.4) is 0 Å². The number of carbonyl (C=O) groups excluding carboxylic acids is 1. The maximum absolute atomic E-state index is 10.5. The highest BCUT2D eigenvalue weighted by molar-refractivity contribution is 5.50. The van der Waals surface area contributed by atoms with E-state index < -0.39 is 0 Å². The van der Waals surface area contributed by atoms with Crippen molar-refractivity contribution >= 4 is 6.29 Å². The van der Waals surface area contributed by atoms with E-state index in [0.717, 1.165) is 19.3 Å². The van der Waals surface area contributed by atoms with E-state index in [1.54, 1.807) is 0 Å². The Kier molecular flexibility index (Phi) is 4.75. The maximum Gasteiger partial charge on any atom is 0.120 e. The predicted molar refractivity (Wildman–Crippen MR) is 70.0 cm³/mol. The highest BCUT2D eigenvalue weighted by Gasteiger charge is 2.11. The Hall–Kier alpha value is -1.15. The van der Waals surface area contributed by atoms with Crippen molar-refractivity contribution < 1.29 is 4.79 Å². The second-order valence-corrected chi connectivity index (χ2v) is 4.81. The van der Waals surface area contributed by atoms with Crippen molar-refractivity contribution in [2.45, 2.75) is 38.6 Å². The van der Waals surface area contributed by atoms with E-state index in [2.05, 4.69) is 29.2 Å². The third kappa shape index (κ3) is 3.67. The fourth-order valence-electron chi connectivity index (χ4n) is 2.53. The number of likely N-dealkylation sites (tertiary alicyclic amines) is 1. The molecule has 2 rings (SSSR count). The summed E-state index contributed by atoms with van der Waals surface area (Å²) in [5.41, 5.74) is 2.74. The number of hydrogen-bond acceptors (Lipinski definition) is 2. The summed E-state index contributed by atoms with van der Waals surface area (Å²) in [7, 11) is 0. The highest BCUT2D eigenvalue weighted by Crippen LogP contribution is 2.16. The lowest BCUT2D eigenvalue weighted by molar-refractivity contribution is -0.107. The van der Waals surface area contributed by atoms with Gasteiger partial charge < -0.3 is 4.79 Å². The quantitative estimate of drug-likeness (QED) is 0.726. The molecule has 0 aliphatic carbocycles. The van der Waals surface area contributed by atoms with Crippen LogP contribution in [0.5, 0.6) is 0 Å². The van der Waals surface area contributed by atoms with Crippen LogP contribution in [-0.2, 0) is 17.8 Å². The molecule has 0 N–H and O–H groups in total. The van der Waals surface area contributed by atoms with Crippen LogP contribution in [0.25, 0.3) is 0 Å². The molecule has 2 heteroatoms. The number of nitrogens with zero attached hydrogens (tertiary/aromatic N) is 1. The molecule has 92 valence electrons. The zero-order valence-electron chi connectivity index (χ0n) is 10.4. The Morgan fingerprint density at radius 2 is 1.76 bits per heavy atom. The molecular weight excluding hydrogens is 210 g/mol. The van der Waals surface area contributed by atoms with Crippen LogP contribution < -0.4 is 0 Å². The fraction of sp³-hybridized carbons (Fsp3) is 0.533. The first kappa shape index (κ1) is 12.3. The smallest absolute Gasteiger partial charge is 0.120 e. The van der Waals surface area contributed by atoms with Crippen molar-refractivity contribution in [2.24, 2.45) is 0 Å².